The lowest BCUT2D eigenvalue weighted by molar-refractivity contribution is 0.0978. The standard InChI is InChI=1S/C20H25N3O/c1-2-17-14-21-13-11-18(17)20(24)23(19-10-6-7-12-22-19)15-16-8-4-3-5-9-16/h6-7,10-14,16H,2-5,8-9,15H2,1H3. The molecule has 0 radical (unpaired) electrons. The van der Waals surface area contributed by atoms with Crippen molar-refractivity contribution < 1.29 is 4.79 Å². The van der Waals surface area contributed by atoms with Gasteiger partial charge in [-0.1, -0.05) is 32.3 Å². The van der Waals surface area contributed by atoms with Crippen LogP contribution in [0.25, 0.3) is 0 Å². The Hall–Kier alpha value is -2.23. The molecular weight excluding hydrogens is 298 g/mol. The third kappa shape index (κ3) is 3.81. The summed E-state index contributed by atoms with van der Waals surface area (Å²) in [5.74, 6) is 1.35. The van der Waals surface area contributed by atoms with E-state index in [-0.39, 0.29) is 5.91 Å². The van der Waals surface area contributed by atoms with Crippen LogP contribution in [0.5, 0.6) is 0 Å². The maximum atomic E-state index is 13.3. The van der Waals surface area contributed by atoms with Gasteiger partial charge in [0.05, 0.1) is 0 Å². The first kappa shape index (κ1) is 16.6. The van der Waals surface area contributed by atoms with Crippen LogP contribution in [0, 0.1) is 5.92 Å². The third-order valence-corrected chi connectivity index (χ3v) is 4.85. The van der Waals surface area contributed by atoms with Crippen molar-refractivity contribution in [3.05, 3.63) is 54.0 Å². The summed E-state index contributed by atoms with van der Waals surface area (Å²) in [6, 6.07) is 7.58. The number of hydrogen-bond donors (Lipinski definition) is 0. The second kappa shape index (κ2) is 8.04. The Kier molecular flexibility index (Phi) is 5.57. The summed E-state index contributed by atoms with van der Waals surface area (Å²) >= 11 is 0. The first-order valence-corrected chi connectivity index (χ1v) is 8.95. The van der Waals surface area contributed by atoms with Crippen LogP contribution in [-0.4, -0.2) is 22.4 Å². The van der Waals surface area contributed by atoms with E-state index >= 15 is 0 Å². The van der Waals surface area contributed by atoms with Crippen molar-refractivity contribution in [3.63, 3.8) is 0 Å². The Balaban J connectivity index is 1.90. The molecule has 4 nitrogen and oxygen atoms in total. The summed E-state index contributed by atoms with van der Waals surface area (Å²) in [5.41, 5.74) is 1.74. The first-order valence-electron chi connectivity index (χ1n) is 8.95. The number of carbonyl (C=O) groups is 1. The van der Waals surface area contributed by atoms with E-state index in [1.54, 1.807) is 18.6 Å². The second-order valence-corrected chi connectivity index (χ2v) is 6.49. The zero-order valence-corrected chi connectivity index (χ0v) is 14.3. The summed E-state index contributed by atoms with van der Waals surface area (Å²) in [6.07, 6.45) is 12.3. The van der Waals surface area contributed by atoms with Crippen LogP contribution in [-0.2, 0) is 6.42 Å². The lowest BCUT2D eigenvalue weighted by Gasteiger charge is -2.29. The molecule has 0 bridgehead atoms. The molecule has 2 aromatic rings. The quantitative estimate of drug-likeness (QED) is 0.825. The van der Waals surface area contributed by atoms with E-state index in [1.807, 2.05) is 29.2 Å². The molecule has 0 spiro atoms. The number of anilines is 1. The molecule has 0 aliphatic heterocycles. The Labute approximate surface area is 143 Å². The van der Waals surface area contributed by atoms with Crippen molar-refractivity contribution in [2.75, 3.05) is 11.4 Å². The highest BCUT2D eigenvalue weighted by Gasteiger charge is 2.25. The van der Waals surface area contributed by atoms with Gasteiger partial charge in [-0.3, -0.25) is 14.7 Å². The second-order valence-electron chi connectivity index (χ2n) is 6.49. The number of rotatable bonds is 5. The summed E-state index contributed by atoms with van der Waals surface area (Å²) in [4.78, 5) is 23.7. The van der Waals surface area contributed by atoms with Crippen molar-refractivity contribution in [2.24, 2.45) is 5.92 Å². The SMILES string of the molecule is CCc1cnccc1C(=O)N(CC1CCCCC1)c1ccccn1. The molecule has 2 heterocycles. The highest BCUT2D eigenvalue weighted by Crippen LogP contribution is 2.27. The van der Waals surface area contributed by atoms with Crippen molar-refractivity contribution in [3.8, 4) is 0 Å². The number of aryl methyl sites for hydroxylation is 1. The summed E-state index contributed by atoms with van der Waals surface area (Å²) in [6.45, 7) is 2.81. The molecule has 24 heavy (non-hydrogen) atoms. The summed E-state index contributed by atoms with van der Waals surface area (Å²) in [5, 5.41) is 0. The van der Waals surface area contributed by atoms with Crippen molar-refractivity contribution in [1.82, 2.24) is 9.97 Å². The molecule has 0 N–H and O–H groups in total. The molecule has 0 aromatic carbocycles. The van der Waals surface area contributed by atoms with E-state index in [0.717, 1.165) is 29.9 Å². The van der Waals surface area contributed by atoms with Gasteiger partial charge < -0.3 is 0 Å². The molecule has 2 aromatic heterocycles. The van der Waals surface area contributed by atoms with Gasteiger partial charge in [-0.2, -0.15) is 0 Å². The zero-order chi connectivity index (χ0) is 16.8. The third-order valence-electron chi connectivity index (χ3n) is 4.85. The number of amides is 1. The lowest BCUT2D eigenvalue weighted by Crippen LogP contribution is -2.37. The van der Waals surface area contributed by atoms with E-state index in [9.17, 15) is 4.79 Å². The van der Waals surface area contributed by atoms with Crippen LogP contribution < -0.4 is 4.90 Å². The predicted octanol–water partition coefficient (Wildman–Crippen LogP) is 4.27. The molecule has 1 fully saturated rings. The molecule has 1 amide bonds. The average molecular weight is 323 g/mol. The molecule has 3 rings (SSSR count). The summed E-state index contributed by atoms with van der Waals surface area (Å²) < 4.78 is 0. The molecule has 0 unspecified atom stereocenters. The normalized spacial score (nSPS) is 15.2. The fraction of sp³-hybridized carbons (Fsp3) is 0.450. The molecule has 4 heteroatoms. The minimum Gasteiger partial charge on any atom is -0.292 e. The molecule has 0 saturated heterocycles. The molecule has 126 valence electrons. The fourth-order valence-corrected chi connectivity index (χ4v) is 3.48. The monoisotopic (exact) mass is 323 g/mol. The Morgan fingerprint density at radius 3 is 2.71 bits per heavy atom. The van der Waals surface area contributed by atoms with Gasteiger partial charge in [0.1, 0.15) is 5.82 Å². The van der Waals surface area contributed by atoms with Gasteiger partial charge in [0.15, 0.2) is 0 Å². The highest BCUT2D eigenvalue weighted by atomic mass is 16.2. The van der Waals surface area contributed by atoms with Gasteiger partial charge in [0.2, 0.25) is 0 Å². The Bertz CT molecular complexity index is 666. The Morgan fingerprint density at radius 1 is 1.17 bits per heavy atom. The molecule has 1 aliphatic carbocycles. The van der Waals surface area contributed by atoms with Crippen LogP contribution in [0.1, 0.15) is 54.9 Å². The minimum atomic E-state index is 0.0403. The molecule has 1 saturated carbocycles. The Morgan fingerprint density at radius 2 is 2.00 bits per heavy atom. The van der Waals surface area contributed by atoms with Gasteiger partial charge in [0.25, 0.3) is 5.91 Å². The van der Waals surface area contributed by atoms with Crippen molar-refractivity contribution in [2.45, 2.75) is 45.4 Å². The highest BCUT2D eigenvalue weighted by molar-refractivity contribution is 6.06. The van der Waals surface area contributed by atoms with Gasteiger partial charge >= 0.3 is 0 Å². The minimum absolute atomic E-state index is 0.0403. The number of pyridine rings is 2. The number of carbonyl (C=O) groups excluding carboxylic acids is 1. The number of nitrogens with zero attached hydrogens (tertiary/aromatic N) is 3. The molecular formula is C20H25N3O. The van der Waals surface area contributed by atoms with Crippen LogP contribution in [0.4, 0.5) is 5.82 Å². The summed E-state index contributed by atoms with van der Waals surface area (Å²) in [7, 11) is 0. The van der Waals surface area contributed by atoms with Gasteiger partial charge in [-0.15, -0.1) is 0 Å². The van der Waals surface area contributed by atoms with Crippen LogP contribution in [0.2, 0.25) is 0 Å². The lowest BCUT2D eigenvalue weighted by atomic mass is 9.88. The van der Waals surface area contributed by atoms with Crippen molar-refractivity contribution in [1.29, 1.82) is 0 Å². The molecule has 0 atom stereocenters. The van der Waals surface area contributed by atoms with E-state index in [4.69, 9.17) is 0 Å². The maximum Gasteiger partial charge on any atom is 0.259 e. The van der Waals surface area contributed by atoms with E-state index < -0.39 is 0 Å². The topological polar surface area (TPSA) is 46.1 Å². The van der Waals surface area contributed by atoms with E-state index in [2.05, 4.69) is 16.9 Å². The predicted molar refractivity (Wildman–Crippen MR) is 96.1 cm³/mol. The van der Waals surface area contributed by atoms with E-state index in [0.29, 0.717) is 5.92 Å². The van der Waals surface area contributed by atoms with Gasteiger partial charge in [-0.25, -0.2) is 4.98 Å². The molecule has 1 aliphatic rings. The van der Waals surface area contributed by atoms with Gasteiger partial charge in [-0.05, 0) is 48.9 Å². The number of aromatic nitrogens is 2. The van der Waals surface area contributed by atoms with Crippen LogP contribution in [0.3, 0.4) is 0 Å². The average Bonchev–Trinajstić information content (AvgIpc) is 2.67. The maximum absolute atomic E-state index is 13.3. The number of hydrogen-bond acceptors (Lipinski definition) is 3. The van der Waals surface area contributed by atoms with Gasteiger partial charge in [0, 0.05) is 30.7 Å². The van der Waals surface area contributed by atoms with Crippen LogP contribution >= 0.6 is 0 Å². The first-order chi connectivity index (χ1) is 11.8. The van der Waals surface area contributed by atoms with Crippen molar-refractivity contribution >= 4 is 11.7 Å². The smallest absolute Gasteiger partial charge is 0.259 e. The fourth-order valence-electron chi connectivity index (χ4n) is 3.48. The van der Waals surface area contributed by atoms with E-state index in [1.165, 1.54) is 32.1 Å². The largest absolute Gasteiger partial charge is 0.292 e. The van der Waals surface area contributed by atoms with Crippen LogP contribution in [0.15, 0.2) is 42.9 Å². The zero-order valence-electron chi connectivity index (χ0n) is 14.3.